The van der Waals surface area contributed by atoms with Crippen molar-refractivity contribution in [1.29, 1.82) is 0 Å². The highest BCUT2D eigenvalue weighted by Crippen LogP contribution is 2.17. The second kappa shape index (κ2) is 5.43. The number of hydrogen-bond acceptors (Lipinski definition) is 2. The average Bonchev–Trinajstić information content (AvgIpc) is 2.09. The summed E-state index contributed by atoms with van der Waals surface area (Å²) in [5, 5.41) is 0.620. The fourth-order valence-corrected chi connectivity index (χ4v) is 1.54. The fourth-order valence-electron chi connectivity index (χ4n) is 1.05. The molecule has 1 unspecified atom stereocenters. The maximum Gasteiger partial charge on any atom is 0.0629 e. The Balaban J connectivity index is 2.58. The molecule has 4 heteroatoms. The lowest BCUT2D eigenvalue weighted by molar-refractivity contribution is 0.197. The zero-order valence-corrected chi connectivity index (χ0v) is 8.85. The molecular formula is C9H11Cl2NO. The number of pyridine rings is 1. The van der Waals surface area contributed by atoms with Crippen molar-refractivity contribution in [3.8, 4) is 0 Å². The molecule has 1 atom stereocenters. The van der Waals surface area contributed by atoms with E-state index in [1.807, 2.05) is 6.07 Å². The van der Waals surface area contributed by atoms with Crippen LogP contribution in [0, 0.1) is 0 Å². The van der Waals surface area contributed by atoms with Crippen LogP contribution in [0.4, 0.5) is 0 Å². The second-order valence-corrected chi connectivity index (χ2v) is 3.75. The first kappa shape index (κ1) is 10.8. The van der Waals surface area contributed by atoms with Crippen LogP contribution in [0.15, 0.2) is 18.5 Å². The van der Waals surface area contributed by atoms with Crippen molar-refractivity contribution < 1.29 is 4.74 Å². The molecule has 0 amide bonds. The SMILES string of the molecule is COCC(Cl)Cc1ccncc1Cl. The highest BCUT2D eigenvalue weighted by Gasteiger charge is 2.07. The van der Waals surface area contributed by atoms with Gasteiger partial charge in [0, 0.05) is 19.5 Å². The van der Waals surface area contributed by atoms with E-state index in [4.69, 9.17) is 27.9 Å². The number of alkyl halides is 1. The minimum Gasteiger partial charge on any atom is -0.383 e. The Morgan fingerprint density at radius 2 is 2.38 bits per heavy atom. The molecule has 2 nitrogen and oxygen atoms in total. The number of rotatable bonds is 4. The van der Waals surface area contributed by atoms with Gasteiger partial charge in [-0.25, -0.2) is 0 Å². The van der Waals surface area contributed by atoms with Crippen LogP contribution < -0.4 is 0 Å². The van der Waals surface area contributed by atoms with Crippen LogP contribution in [0.3, 0.4) is 0 Å². The van der Waals surface area contributed by atoms with E-state index in [0.717, 1.165) is 5.56 Å². The van der Waals surface area contributed by atoms with E-state index in [1.165, 1.54) is 0 Å². The average molecular weight is 220 g/mol. The molecule has 1 rings (SSSR count). The summed E-state index contributed by atoms with van der Waals surface area (Å²) >= 11 is 11.9. The molecule has 13 heavy (non-hydrogen) atoms. The standard InChI is InChI=1S/C9H11Cl2NO/c1-13-6-8(10)4-7-2-3-12-5-9(7)11/h2-3,5,8H,4,6H2,1H3. The summed E-state index contributed by atoms with van der Waals surface area (Å²) < 4.78 is 4.93. The third-order valence-corrected chi connectivity index (χ3v) is 2.27. The van der Waals surface area contributed by atoms with Crippen molar-refractivity contribution in [1.82, 2.24) is 4.98 Å². The minimum atomic E-state index is -0.0371. The number of ether oxygens (including phenoxy) is 1. The summed E-state index contributed by atoms with van der Waals surface area (Å²) in [7, 11) is 1.63. The summed E-state index contributed by atoms with van der Waals surface area (Å²) in [6.07, 6.45) is 4.03. The van der Waals surface area contributed by atoms with Gasteiger partial charge in [0.1, 0.15) is 0 Å². The van der Waals surface area contributed by atoms with Gasteiger partial charge in [-0.3, -0.25) is 4.98 Å². The highest BCUT2D eigenvalue weighted by molar-refractivity contribution is 6.31. The van der Waals surface area contributed by atoms with Crippen molar-refractivity contribution in [3.63, 3.8) is 0 Å². The van der Waals surface area contributed by atoms with E-state index in [-0.39, 0.29) is 5.38 Å². The molecule has 1 heterocycles. The lowest BCUT2D eigenvalue weighted by atomic mass is 10.1. The molecule has 0 saturated heterocycles. The molecule has 0 aliphatic heterocycles. The Morgan fingerprint density at radius 1 is 1.62 bits per heavy atom. The molecule has 0 fully saturated rings. The third-order valence-electron chi connectivity index (χ3n) is 1.65. The van der Waals surface area contributed by atoms with E-state index in [9.17, 15) is 0 Å². The van der Waals surface area contributed by atoms with Gasteiger partial charge < -0.3 is 4.74 Å². The third kappa shape index (κ3) is 3.51. The number of halogens is 2. The monoisotopic (exact) mass is 219 g/mol. The van der Waals surface area contributed by atoms with Gasteiger partial charge in [0.25, 0.3) is 0 Å². The van der Waals surface area contributed by atoms with Crippen LogP contribution in [-0.2, 0) is 11.2 Å². The number of nitrogens with zero attached hydrogens (tertiary/aromatic N) is 1. The Hall–Kier alpha value is -0.310. The molecule has 72 valence electrons. The van der Waals surface area contributed by atoms with E-state index in [1.54, 1.807) is 19.5 Å². The lowest BCUT2D eigenvalue weighted by Crippen LogP contribution is -2.10. The highest BCUT2D eigenvalue weighted by atomic mass is 35.5. The van der Waals surface area contributed by atoms with E-state index in [0.29, 0.717) is 18.1 Å². The number of hydrogen-bond donors (Lipinski definition) is 0. The Kier molecular flexibility index (Phi) is 4.50. The van der Waals surface area contributed by atoms with Gasteiger partial charge in [0.15, 0.2) is 0 Å². The molecule has 0 saturated carbocycles. The molecule has 0 aromatic carbocycles. The van der Waals surface area contributed by atoms with Crippen LogP contribution in [-0.4, -0.2) is 24.1 Å². The largest absolute Gasteiger partial charge is 0.383 e. The first-order valence-electron chi connectivity index (χ1n) is 3.95. The number of aromatic nitrogens is 1. The van der Waals surface area contributed by atoms with Gasteiger partial charge >= 0.3 is 0 Å². The minimum absolute atomic E-state index is 0.0371. The summed E-state index contributed by atoms with van der Waals surface area (Å²) in [5.41, 5.74) is 1.01. The molecule has 0 spiro atoms. The molecule has 1 aromatic heterocycles. The Bertz CT molecular complexity index is 268. The quantitative estimate of drug-likeness (QED) is 0.727. The summed E-state index contributed by atoms with van der Waals surface area (Å²) in [4.78, 5) is 3.89. The number of methoxy groups -OCH3 is 1. The Morgan fingerprint density at radius 3 is 3.00 bits per heavy atom. The van der Waals surface area contributed by atoms with Crippen molar-refractivity contribution in [2.75, 3.05) is 13.7 Å². The molecule has 0 bridgehead atoms. The van der Waals surface area contributed by atoms with E-state index in [2.05, 4.69) is 4.98 Å². The summed E-state index contributed by atoms with van der Waals surface area (Å²) in [6, 6.07) is 1.87. The summed E-state index contributed by atoms with van der Waals surface area (Å²) in [6.45, 7) is 0.528. The predicted molar refractivity (Wildman–Crippen MR) is 54.5 cm³/mol. The van der Waals surface area contributed by atoms with Crippen LogP contribution in [0.25, 0.3) is 0 Å². The molecule has 0 N–H and O–H groups in total. The topological polar surface area (TPSA) is 22.1 Å². The smallest absolute Gasteiger partial charge is 0.0629 e. The maximum absolute atomic E-state index is 5.98. The molecule has 0 aliphatic rings. The van der Waals surface area contributed by atoms with Gasteiger partial charge in [-0.05, 0) is 18.1 Å². The van der Waals surface area contributed by atoms with Crippen LogP contribution in [0.1, 0.15) is 5.56 Å². The van der Waals surface area contributed by atoms with Gasteiger partial charge in [-0.2, -0.15) is 0 Å². The van der Waals surface area contributed by atoms with Crippen molar-refractivity contribution in [2.45, 2.75) is 11.8 Å². The first-order chi connectivity index (χ1) is 6.24. The van der Waals surface area contributed by atoms with Gasteiger partial charge in [0.2, 0.25) is 0 Å². The van der Waals surface area contributed by atoms with Crippen molar-refractivity contribution in [2.24, 2.45) is 0 Å². The van der Waals surface area contributed by atoms with Crippen molar-refractivity contribution in [3.05, 3.63) is 29.0 Å². The maximum atomic E-state index is 5.98. The van der Waals surface area contributed by atoms with Gasteiger partial charge in [-0.1, -0.05) is 11.6 Å². The molecule has 1 aromatic rings. The van der Waals surface area contributed by atoms with Gasteiger partial charge in [-0.15, -0.1) is 11.6 Å². The van der Waals surface area contributed by atoms with Gasteiger partial charge in [0.05, 0.1) is 17.0 Å². The molecule has 0 aliphatic carbocycles. The zero-order chi connectivity index (χ0) is 9.68. The fraction of sp³-hybridized carbons (Fsp3) is 0.444. The van der Waals surface area contributed by atoms with E-state index >= 15 is 0 Å². The van der Waals surface area contributed by atoms with Crippen LogP contribution in [0.5, 0.6) is 0 Å². The normalized spacial score (nSPS) is 12.8. The molecular weight excluding hydrogens is 209 g/mol. The Labute approximate surface area is 87.8 Å². The van der Waals surface area contributed by atoms with Crippen molar-refractivity contribution >= 4 is 23.2 Å². The zero-order valence-electron chi connectivity index (χ0n) is 7.34. The summed E-state index contributed by atoms with van der Waals surface area (Å²) in [5.74, 6) is 0. The lowest BCUT2D eigenvalue weighted by Gasteiger charge is -2.08. The molecule has 0 radical (unpaired) electrons. The van der Waals surface area contributed by atoms with E-state index < -0.39 is 0 Å². The predicted octanol–water partition coefficient (Wildman–Crippen LogP) is 2.53. The first-order valence-corrected chi connectivity index (χ1v) is 4.77. The second-order valence-electron chi connectivity index (χ2n) is 2.72. The van der Waals surface area contributed by atoms with Crippen LogP contribution in [0.2, 0.25) is 5.02 Å². The van der Waals surface area contributed by atoms with Crippen LogP contribution >= 0.6 is 23.2 Å².